The highest BCUT2D eigenvalue weighted by molar-refractivity contribution is 5.95. The number of para-hydroxylation sites is 1. The number of carbonyl (C=O) groups is 1. The minimum absolute atomic E-state index is 0.0692. The molecular weight excluding hydrogens is 250 g/mol. The zero-order valence-corrected chi connectivity index (χ0v) is 11.1. The maximum atomic E-state index is 12.1. The highest BCUT2D eigenvalue weighted by Crippen LogP contribution is 2.13. The van der Waals surface area contributed by atoms with Crippen molar-refractivity contribution in [2.75, 3.05) is 0 Å². The Morgan fingerprint density at radius 1 is 1.05 bits per heavy atom. The summed E-state index contributed by atoms with van der Waals surface area (Å²) in [5.74, 6) is -0.0692. The van der Waals surface area contributed by atoms with Gasteiger partial charge in [0.05, 0.1) is 23.8 Å². The maximum absolute atomic E-state index is 12.1. The third-order valence-corrected chi connectivity index (χ3v) is 3.06. The van der Waals surface area contributed by atoms with E-state index in [1.54, 1.807) is 6.20 Å². The predicted octanol–water partition coefficient (Wildman–Crippen LogP) is 2.76. The van der Waals surface area contributed by atoms with E-state index < -0.39 is 0 Å². The first-order chi connectivity index (χ1) is 9.72. The van der Waals surface area contributed by atoms with Gasteiger partial charge in [-0.05, 0) is 19.1 Å². The van der Waals surface area contributed by atoms with Crippen LogP contribution < -0.4 is 0 Å². The van der Waals surface area contributed by atoms with Crippen molar-refractivity contribution >= 4 is 16.7 Å². The molecule has 0 amide bonds. The number of fused-ring (bicyclic) bond motifs is 1. The van der Waals surface area contributed by atoms with Crippen LogP contribution in [0.5, 0.6) is 0 Å². The van der Waals surface area contributed by atoms with Gasteiger partial charge in [-0.25, -0.2) is 4.98 Å². The molecule has 0 aliphatic carbocycles. The fourth-order valence-corrected chi connectivity index (χ4v) is 2.00. The number of aryl methyl sites for hydroxylation is 1. The molecule has 98 valence electrons. The van der Waals surface area contributed by atoms with Crippen LogP contribution in [0.1, 0.15) is 21.9 Å². The summed E-state index contributed by atoms with van der Waals surface area (Å²) in [6.07, 6.45) is 3.35. The van der Waals surface area contributed by atoms with Crippen LogP contribution in [-0.4, -0.2) is 20.7 Å². The summed E-state index contributed by atoms with van der Waals surface area (Å²) in [6, 6.07) is 11.7. The van der Waals surface area contributed by atoms with E-state index in [0.717, 1.165) is 22.3 Å². The van der Waals surface area contributed by atoms with Crippen LogP contribution in [0.25, 0.3) is 10.9 Å². The first-order valence-electron chi connectivity index (χ1n) is 6.39. The number of carbonyl (C=O) groups excluding carboxylic acids is 1. The smallest absolute Gasteiger partial charge is 0.188 e. The van der Waals surface area contributed by atoms with Crippen LogP contribution in [0.3, 0.4) is 0 Å². The largest absolute Gasteiger partial charge is 0.292 e. The number of pyridine rings is 1. The summed E-state index contributed by atoms with van der Waals surface area (Å²) in [7, 11) is 0. The second kappa shape index (κ2) is 5.17. The Morgan fingerprint density at radius 2 is 1.90 bits per heavy atom. The lowest BCUT2D eigenvalue weighted by atomic mass is 10.1. The van der Waals surface area contributed by atoms with Crippen molar-refractivity contribution < 1.29 is 4.79 Å². The summed E-state index contributed by atoms with van der Waals surface area (Å²) in [5, 5.41) is 1.07. The summed E-state index contributed by atoms with van der Waals surface area (Å²) in [6.45, 7) is 1.84. The molecule has 0 aliphatic rings. The van der Waals surface area contributed by atoms with Crippen LogP contribution in [-0.2, 0) is 6.42 Å². The summed E-state index contributed by atoms with van der Waals surface area (Å²) >= 11 is 0. The summed E-state index contributed by atoms with van der Waals surface area (Å²) < 4.78 is 0. The Labute approximate surface area is 116 Å². The van der Waals surface area contributed by atoms with Crippen molar-refractivity contribution in [3.63, 3.8) is 0 Å². The first-order valence-corrected chi connectivity index (χ1v) is 6.39. The molecule has 0 spiro atoms. The van der Waals surface area contributed by atoms with E-state index in [4.69, 9.17) is 0 Å². The molecule has 0 radical (unpaired) electrons. The minimum atomic E-state index is -0.0692. The van der Waals surface area contributed by atoms with E-state index in [9.17, 15) is 4.79 Å². The van der Waals surface area contributed by atoms with Crippen molar-refractivity contribution in [1.29, 1.82) is 0 Å². The zero-order valence-electron chi connectivity index (χ0n) is 11.1. The fraction of sp³-hybridized carbons (Fsp3) is 0.125. The predicted molar refractivity (Wildman–Crippen MR) is 76.5 cm³/mol. The standard InChI is InChI=1S/C16H13N3O/c1-11-9-18-15(10-17-11)16(20)8-13-7-6-12-4-2-3-5-14(12)19-13/h2-7,9-10H,8H2,1H3. The van der Waals surface area contributed by atoms with Crippen molar-refractivity contribution in [3.05, 3.63) is 65.9 Å². The number of nitrogens with zero attached hydrogens (tertiary/aromatic N) is 3. The molecule has 0 N–H and O–H groups in total. The second-order valence-electron chi connectivity index (χ2n) is 4.64. The molecule has 0 aliphatic heterocycles. The molecule has 4 heteroatoms. The minimum Gasteiger partial charge on any atom is -0.292 e. The van der Waals surface area contributed by atoms with Crippen LogP contribution in [0.15, 0.2) is 48.8 Å². The van der Waals surface area contributed by atoms with Crippen LogP contribution in [0.4, 0.5) is 0 Å². The van der Waals surface area contributed by atoms with Gasteiger partial charge in [-0.1, -0.05) is 24.3 Å². The van der Waals surface area contributed by atoms with Gasteiger partial charge in [0, 0.05) is 17.3 Å². The molecule has 0 atom stereocenters. The first kappa shape index (κ1) is 12.4. The van der Waals surface area contributed by atoms with Crippen molar-refractivity contribution in [2.24, 2.45) is 0 Å². The third-order valence-electron chi connectivity index (χ3n) is 3.06. The number of aromatic nitrogens is 3. The quantitative estimate of drug-likeness (QED) is 0.682. The van der Waals surface area contributed by atoms with Gasteiger partial charge in [0.2, 0.25) is 0 Å². The van der Waals surface area contributed by atoms with Crippen molar-refractivity contribution in [2.45, 2.75) is 13.3 Å². The van der Waals surface area contributed by atoms with Gasteiger partial charge in [-0.3, -0.25) is 14.8 Å². The number of benzene rings is 1. The lowest BCUT2D eigenvalue weighted by Gasteiger charge is -2.02. The number of ketones is 1. The second-order valence-corrected chi connectivity index (χ2v) is 4.64. The molecule has 0 unspecified atom stereocenters. The van der Waals surface area contributed by atoms with Gasteiger partial charge < -0.3 is 0 Å². The molecule has 20 heavy (non-hydrogen) atoms. The monoisotopic (exact) mass is 263 g/mol. The SMILES string of the molecule is Cc1cnc(C(=O)Cc2ccc3ccccc3n2)cn1. The molecule has 2 aromatic heterocycles. The molecule has 0 saturated heterocycles. The van der Waals surface area contributed by atoms with Crippen LogP contribution >= 0.6 is 0 Å². The maximum Gasteiger partial charge on any atom is 0.188 e. The summed E-state index contributed by atoms with van der Waals surface area (Å²) in [5.41, 5.74) is 2.82. The number of Topliss-reactive ketones (excluding diaryl/α,β-unsaturated/α-hetero) is 1. The third kappa shape index (κ3) is 2.54. The molecule has 0 fully saturated rings. The Balaban J connectivity index is 1.85. The Kier molecular flexibility index (Phi) is 3.21. The lowest BCUT2D eigenvalue weighted by Crippen LogP contribution is -2.08. The molecule has 2 heterocycles. The Bertz CT molecular complexity index is 766. The molecule has 0 saturated carbocycles. The highest BCUT2D eigenvalue weighted by Gasteiger charge is 2.10. The van der Waals surface area contributed by atoms with Gasteiger partial charge in [0.15, 0.2) is 5.78 Å². The van der Waals surface area contributed by atoms with Crippen molar-refractivity contribution in [3.8, 4) is 0 Å². The molecule has 0 bridgehead atoms. The Hall–Kier alpha value is -2.62. The highest BCUT2D eigenvalue weighted by atomic mass is 16.1. The normalized spacial score (nSPS) is 10.7. The van der Waals surface area contributed by atoms with E-state index in [1.807, 2.05) is 43.3 Å². The van der Waals surface area contributed by atoms with E-state index >= 15 is 0 Å². The molecule has 3 rings (SSSR count). The average molecular weight is 263 g/mol. The van der Waals surface area contributed by atoms with Gasteiger partial charge in [-0.2, -0.15) is 0 Å². The van der Waals surface area contributed by atoms with Crippen molar-refractivity contribution in [1.82, 2.24) is 15.0 Å². The van der Waals surface area contributed by atoms with E-state index in [0.29, 0.717) is 5.69 Å². The number of hydrogen-bond acceptors (Lipinski definition) is 4. The van der Waals surface area contributed by atoms with Gasteiger partial charge >= 0.3 is 0 Å². The zero-order chi connectivity index (χ0) is 13.9. The lowest BCUT2D eigenvalue weighted by molar-refractivity contribution is 0.0987. The topological polar surface area (TPSA) is 55.7 Å². The average Bonchev–Trinajstić information content (AvgIpc) is 2.48. The molecular formula is C16H13N3O. The molecule has 3 aromatic rings. The van der Waals surface area contributed by atoms with Crippen LogP contribution in [0, 0.1) is 6.92 Å². The van der Waals surface area contributed by atoms with E-state index in [1.165, 1.54) is 6.20 Å². The van der Waals surface area contributed by atoms with Gasteiger partial charge in [0.1, 0.15) is 5.69 Å². The molecule has 4 nitrogen and oxygen atoms in total. The number of rotatable bonds is 3. The Morgan fingerprint density at radius 3 is 2.70 bits per heavy atom. The van der Waals surface area contributed by atoms with Gasteiger partial charge in [0.25, 0.3) is 0 Å². The van der Waals surface area contributed by atoms with Gasteiger partial charge in [-0.15, -0.1) is 0 Å². The van der Waals surface area contributed by atoms with Crippen LogP contribution in [0.2, 0.25) is 0 Å². The fourth-order valence-electron chi connectivity index (χ4n) is 2.00. The van der Waals surface area contributed by atoms with E-state index in [-0.39, 0.29) is 12.2 Å². The van der Waals surface area contributed by atoms with E-state index in [2.05, 4.69) is 15.0 Å². The summed E-state index contributed by atoms with van der Waals surface area (Å²) in [4.78, 5) is 24.8. The number of hydrogen-bond donors (Lipinski definition) is 0. The molecule has 1 aromatic carbocycles.